The third-order valence-corrected chi connectivity index (χ3v) is 6.62. The molecule has 2 N–H and O–H groups in total. The zero-order valence-electron chi connectivity index (χ0n) is 18.3. The summed E-state index contributed by atoms with van der Waals surface area (Å²) in [6.45, 7) is 1.54. The molecule has 0 aliphatic carbocycles. The molecule has 2 aliphatic rings. The number of halogens is 2. The second-order valence-electron chi connectivity index (χ2n) is 8.51. The number of fused-ring (bicyclic) bond motifs is 1. The first-order valence-corrected chi connectivity index (χ1v) is 11.6. The van der Waals surface area contributed by atoms with Gasteiger partial charge in [-0.1, -0.05) is 23.2 Å². The second-order valence-corrected chi connectivity index (χ2v) is 9.35. The number of aromatic carboxylic acids is 1. The number of carboxylic acids is 1. The van der Waals surface area contributed by atoms with E-state index in [1.54, 1.807) is 0 Å². The van der Waals surface area contributed by atoms with Gasteiger partial charge in [-0.3, -0.25) is 0 Å². The number of nitriles is 1. The third kappa shape index (κ3) is 5.50. The smallest absolute Gasteiger partial charge is 0.339 e. The van der Waals surface area contributed by atoms with Gasteiger partial charge in [-0.15, -0.1) is 0 Å². The molecule has 0 unspecified atom stereocenters. The van der Waals surface area contributed by atoms with Crippen LogP contribution < -0.4 is 14.2 Å². The van der Waals surface area contributed by atoms with Gasteiger partial charge in [0.05, 0.1) is 5.02 Å². The van der Waals surface area contributed by atoms with Crippen molar-refractivity contribution in [1.29, 1.82) is 5.26 Å². The van der Waals surface area contributed by atoms with Crippen LogP contribution in [0.25, 0.3) is 0 Å². The third-order valence-electron chi connectivity index (χ3n) is 6.09. The number of likely N-dealkylation sites (tertiary alicyclic amines) is 1. The maximum absolute atomic E-state index is 11.6. The summed E-state index contributed by atoms with van der Waals surface area (Å²) in [6, 6.07) is 10.1. The molecule has 2 aliphatic heterocycles. The molecule has 34 heavy (non-hydrogen) atoms. The Balaban J connectivity index is 1.31. The summed E-state index contributed by atoms with van der Waals surface area (Å²) >= 11 is 12.1. The van der Waals surface area contributed by atoms with E-state index in [0.717, 1.165) is 43.7 Å². The maximum Gasteiger partial charge on any atom is 0.339 e. The molecule has 1 fully saturated rings. The number of hydrogen-bond donors (Lipinski definition) is 2. The number of nitrogens with zero attached hydrogens (tertiary/aromatic N) is 2. The van der Waals surface area contributed by atoms with Gasteiger partial charge in [0.25, 0.3) is 0 Å². The van der Waals surface area contributed by atoms with Crippen LogP contribution in [0, 0.1) is 11.3 Å². The minimum Gasteiger partial charge on any atom is -0.490 e. The number of hydrogen-bond acceptors (Lipinski definition) is 7. The first kappa shape index (κ1) is 24.4. The van der Waals surface area contributed by atoms with Gasteiger partial charge in [-0.2, -0.15) is 5.26 Å². The average Bonchev–Trinajstić information content (AvgIpc) is 3.15. The highest BCUT2D eigenvalue weighted by Crippen LogP contribution is 2.42. The Kier molecular flexibility index (Phi) is 7.39. The molecule has 1 atom stereocenters. The fourth-order valence-corrected chi connectivity index (χ4v) is 4.82. The van der Waals surface area contributed by atoms with Crippen LogP contribution in [0.5, 0.6) is 17.2 Å². The number of benzene rings is 2. The van der Waals surface area contributed by atoms with Crippen LogP contribution in [0.1, 0.15) is 28.8 Å². The van der Waals surface area contributed by atoms with Crippen LogP contribution >= 0.6 is 23.2 Å². The molecule has 0 bridgehead atoms. The van der Waals surface area contributed by atoms with Gasteiger partial charge < -0.3 is 29.3 Å². The molecule has 10 heteroatoms. The van der Waals surface area contributed by atoms with Gasteiger partial charge in [0.15, 0.2) is 6.61 Å². The van der Waals surface area contributed by atoms with Crippen molar-refractivity contribution in [3.05, 3.63) is 51.5 Å². The van der Waals surface area contributed by atoms with Crippen LogP contribution in [0.3, 0.4) is 0 Å². The lowest BCUT2D eigenvalue weighted by atomic mass is 9.87. The fraction of sp³-hybridized carbons (Fsp3) is 0.417. The number of carboxylic acid groups (broad SMARTS) is 1. The van der Waals surface area contributed by atoms with Crippen molar-refractivity contribution in [2.24, 2.45) is 0 Å². The highest BCUT2D eigenvalue weighted by atomic mass is 35.5. The highest BCUT2D eigenvalue weighted by molar-refractivity contribution is 6.32. The van der Waals surface area contributed by atoms with Gasteiger partial charge in [-0.25, -0.2) is 4.79 Å². The molecule has 180 valence electrons. The van der Waals surface area contributed by atoms with Crippen molar-refractivity contribution >= 4 is 29.2 Å². The van der Waals surface area contributed by atoms with E-state index >= 15 is 0 Å². The van der Waals surface area contributed by atoms with E-state index in [0.29, 0.717) is 11.6 Å². The van der Waals surface area contributed by atoms with E-state index in [4.69, 9.17) is 42.7 Å². The molecule has 0 amide bonds. The topological polar surface area (TPSA) is 112 Å². The van der Waals surface area contributed by atoms with E-state index in [1.807, 2.05) is 24.3 Å². The van der Waals surface area contributed by atoms with Gasteiger partial charge in [-0.05, 0) is 29.8 Å². The van der Waals surface area contributed by atoms with E-state index in [-0.39, 0.29) is 40.9 Å². The predicted molar refractivity (Wildman–Crippen MR) is 125 cm³/mol. The van der Waals surface area contributed by atoms with Crippen molar-refractivity contribution in [1.82, 2.24) is 4.90 Å². The van der Waals surface area contributed by atoms with Crippen molar-refractivity contribution in [2.75, 3.05) is 32.8 Å². The average molecular weight is 507 g/mol. The molecule has 0 radical (unpaired) electrons. The van der Waals surface area contributed by atoms with Crippen molar-refractivity contribution in [3.63, 3.8) is 0 Å². The summed E-state index contributed by atoms with van der Waals surface area (Å²) in [7, 11) is 0. The van der Waals surface area contributed by atoms with Crippen LogP contribution in [-0.4, -0.2) is 65.6 Å². The van der Waals surface area contributed by atoms with Crippen LogP contribution in [0.2, 0.25) is 10.0 Å². The molecule has 2 aromatic carbocycles. The standard InChI is InChI=1S/C24H24Cl2N2O6/c25-16-1-2-20-15(9-16)12-24(34-20)3-6-28(7-4-24)13-17(29)14-33-21-11-22(32-8-5-27)19(26)10-18(21)23(30)31/h1-2,9-11,17,29H,3-4,6-8,12-14H2,(H,30,31)/t17-/m0/s1. The molecule has 8 nitrogen and oxygen atoms in total. The lowest BCUT2D eigenvalue weighted by Gasteiger charge is -2.39. The van der Waals surface area contributed by atoms with Gasteiger partial charge in [0.2, 0.25) is 0 Å². The van der Waals surface area contributed by atoms with Crippen molar-refractivity contribution in [3.8, 4) is 23.3 Å². The minimum absolute atomic E-state index is 0.0114. The van der Waals surface area contributed by atoms with E-state index in [2.05, 4.69) is 4.90 Å². The largest absolute Gasteiger partial charge is 0.490 e. The number of carbonyl (C=O) groups is 1. The van der Waals surface area contributed by atoms with E-state index in [9.17, 15) is 15.0 Å². The Morgan fingerprint density at radius 2 is 1.97 bits per heavy atom. The fourth-order valence-electron chi connectivity index (χ4n) is 4.40. The summed E-state index contributed by atoms with van der Waals surface area (Å²) in [5.41, 5.74) is 0.744. The Morgan fingerprint density at radius 3 is 2.68 bits per heavy atom. The van der Waals surface area contributed by atoms with Crippen molar-refractivity contribution < 1.29 is 29.2 Å². The SMILES string of the molecule is N#CCOc1cc(OC[C@@H](O)CN2CCC3(CC2)Cc2cc(Cl)ccc2O3)c(C(=O)O)cc1Cl. The normalized spacial score (nSPS) is 17.5. The van der Waals surface area contributed by atoms with E-state index in [1.165, 1.54) is 12.1 Å². The highest BCUT2D eigenvalue weighted by Gasteiger charge is 2.42. The zero-order valence-corrected chi connectivity index (χ0v) is 19.8. The van der Waals surface area contributed by atoms with Gasteiger partial charge >= 0.3 is 5.97 Å². The molecule has 2 aromatic rings. The number of ether oxygens (including phenoxy) is 3. The lowest BCUT2D eigenvalue weighted by Crippen LogP contribution is -2.49. The minimum atomic E-state index is -1.22. The Hall–Kier alpha value is -2.70. The summed E-state index contributed by atoms with van der Waals surface area (Å²) in [6.07, 6.45) is 1.64. The summed E-state index contributed by atoms with van der Waals surface area (Å²) in [5, 5.41) is 29.4. The van der Waals surface area contributed by atoms with Crippen LogP contribution in [-0.2, 0) is 6.42 Å². The Morgan fingerprint density at radius 1 is 1.21 bits per heavy atom. The number of β-amino-alcohol motifs (C(OH)–C–C–N with tert-alkyl or cyclic N) is 1. The Labute approximate surface area is 207 Å². The van der Waals surface area contributed by atoms with Gasteiger partial charge in [0.1, 0.15) is 47.2 Å². The molecule has 2 heterocycles. The van der Waals surface area contributed by atoms with Crippen LogP contribution in [0.4, 0.5) is 0 Å². The second kappa shape index (κ2) is 10.3. The zero-order chi connectivity index (χ0) is 24.3. The molecule has 0 aromatic heterocycles. The number of aliphatic hydroxyl groups excluding tert-OH is 1. The number of piperidine rings is 1. The number of aliphatic hydroxyl groups is 1. The Bertz CT molecular complexity index is 1110. The summed E-state index contributed by atoms with van der Waals surface area (Å²) < 4.78 is 17.1. The number of rotatable bonds is 8. The maximum atomic E-state index is 11.6. The first-order chi connectivity index (χ1) is 16.3. The predicted octanol–water partition coefficient (Wildman–Crippen LogP) is 3.80. The molecule has 1 spiro atoms. The summed E-state index contributed by atoms with van der Waals surface area (Å²) in [4.78, 5) is 13.7. The molecule has 4 rings (SSSR count). The first-order valence-electron chi connectivity index (χ1n) is 10.9. The summed E-state index contributed by atoms with van der Waals surface area (Å²) in [5.74, 6) is -0.185. The van der Waals surface area contributed by atoms with E-state index < -0.39 is 12.1 Å². The monoisotopic (exact) mass is 506 g/mol. The van der Waals surface area contributed by atoms with Crippen molar-refractivity contribution in [2.45, 2.75) is 31.0 Å². The van der Waals surface area contributed by atoms with Gasteiger partial charge in [0, 0.05) is 50.0 Å². The van der Waals surface area contributed by atoms with Crippen LogP contribution in [0.15, 0.2) is 30.3 Å². The molecular weight excluding hydrogens is 483 g/mol. The molecular formula is C24H24Cl2N2O6. The molecule has 0 saturated carbocycles. The lowest BCUT2D eigenvalue weighted by molar-refractivity contribution is -0.00203. The molecule has 1 saturated heterocycles. The quantitative estimate of drug-likeness (QED) is 0.555.